The molecule has 0 bridgehead atoms. The lowest BCUT2D eigenvalue weighted by Crippen LogP contribution is -2.46. The van der Waals surface area contributed by atoms with Gasteiger partial charge in [-0.3, -0.25) is 19.2 Å². The second-order valence-corrected chi connectivity index (χ2v) is 8.31. The molecule has 3 aromatic rings. The molecule has 172 valence electrons. The van der Waals surface area contributed by atoms with Gasteiger partial charge in [-0.1, -0.05) is 24.3 Å². The van der Waals surface area contributed by atoms with E-state index in [0.29, 0.717) is 41.8 Å². The van der Waals surface area contributed by atoms with Crippen LogP contribution in [0.4, 0.5) is 5.69 Å². The summed E-state index contributed by atoms with van der Waals surface area (Å²) < 4.78 is 0. The van der Waals surface area contributed by atoms with Crippen molar-refractivity contribution >= 4 is 34.1 Å². The fourth-order valence-electron chi connectivity index (χ4n) is 4.20. The van der Waals surface area contributed by atoms with Gasteiger partial charge < -0.3 is 25.5 Å². The Hall–Kier alpha value is -4.24. The predicted octanol–water partition coefficient (Wildman–Crippen LogP) is 1.61. The average Bonchev–Trinajstić information content (AvgIpc) is 3.35. The Kier molecular flexibility index (Phi) is 5.69. The summed E-state index contributed by atoms with van der Waals surface area (Å²) in [5, 5.41) is 6.12. The number of carbonyl (C=O) groups excluding carboxylic acids is 2. The molecule has 1 saturated heterocycles. The summed E-state index contributed by atoms with van der Waals surface area (Å²) in [5.41, 5.74) is 2.96. The molecular weight excluding hydrogens is 434 g/mol. The van der Waals surface area contributed by atoms with Crippen molar-refractivity contribution in [3.05, 3.63) is 92.0 Å². The fraction of sp³-hybridized carbons (Fsp3) is 0.200. The van der Waals surface area contributed by atoms with Crippen LogP contribution in [0.15, 0.2) is 69.8 Å². The van der Waals surface area contributed by atoms with Crippen molar-refractivity contribution in [2.45, 2.75) is 6.42 Å². The largest absolute Gasteiger partial charge is 0.336 e. The Morgan fingerprint density at radius 3 is 2.44 bits per heavy atom. The normalized spacial score (nSPS) is 15.7. The first-order valence-corrected chi connectivity index (χ1v) is 11.1. The highest BCUT2D eigenvalue weighted by Gasteiger charge is 2.23. The molecule has 2 aromatic carbocycles. The van der Waals surface area contributed by atoms with Crippen molar-refractivity contribution in [2.24, 2.45) is 0 Å². The lowest BCUT2D eigenvalue weighted by Gasteiger charge is -2.28. The maximum absolute atomic E-state index is 12.8. The molecule has 4 N–H and O–H groups in total. The van der Waals surface area contributed by atoms with Crippen LogP contribution in [0.5, 0.6) is 0 Å². The molecule has 0 atom stereocenters. The van der Waals surface area contributed by atoms with Crippen LogP contribution in [-0.2, 0) is 4.79 Å². The van der Waals surface area contributed by atoms with Crippen LogP contribution in [0.1, 0.15) is 22.3 Å². The molecule has 1 aliphatic carbocycles. The van der Waals surface area contributed by atoms with Gasteiger partial charge in [-0.15, -0.1) is 0 Å². The molecule has 0 unspecified atom stereocenters. The maximum atomic E-state index is 12.8. The van der Waals surface area contributed by atoms with Gasteiger partial charge in [0.15, 0.2) is 0 Å². The quantitative estimate of drug-likeness (QED) is 0.443. The minimum Gasteiger partial charge on any atom is -0.336 e. The van der Waals surface area contributed by atoms with E-state index in [1.165, 1.54) is 6.07 Å². The van der Waals surface area contributed by atoms with Crippen molar-refractivity contribution in [3.8, 4) is 0 Å². The number of carbonyl (C=O) groups is 2. The van der Waals surface area contributed by atoms with Crippen LogP contribution in [0.25, 0.3) is 16.6 Å². The zero-order valence-corrected chi connectivity index (χ0v) is 18.3. The highest BCUT2D eigenvalue weighted by atomic mass is 16.2. The van der Waals surface area contributed by atoms with Gasteiger partial charge in [0.25, 0.3) is 5.91 Å². The summed E-state index contributed by atoms with van der Waals surface area (Å²) in [6, 6.07) is 12.1. The Labute approximate surface area is 194 Å². The molecule has 9 nitrogen and oxygen atoms in total. The second-order valence-electron chi connectivity index (χ2n) is 8.31. The number of H-pyrrole nitrogens is 2. The number of allylic oxidation sites excluding steroid dienone is 3. The Morgan fingerprint density at radius 2 is 1.65 bits per heavy atom. The van der Waals surface area contributed by atoms with E-state index in [-0.39, 0.29) is 11.8 Å². The van der Waals surface area contributed by atoms with E-state index in [1.54, 1.807) is 18.2 Å². The Balaban J connectivity index is 1.28. The minimum atomic E-state index is -0.772. The van der Waals surface area contributed by atoms with Gasteiger partial charge in [0.2, 0.25) is 5.91 Å². The van der Waals surface area contributed by atoms with Gasteiger partial charge >= 0.3 is 11.1 Å². The fourth-order valence-corrected chi connectivity index (χ4v) is 4.20. The summed E-state index contributed by atoms with van der Waals surface area (Å²) in [7, 11) is 0. The summed E-state index contributed by atoms with van der Waals surface area (Å²) >= 11 is 0. The second kappa shape index (κ2) is 8.95. The molecule has 0 spiro atoms. The van der Waals surface area contributed by atoms with E-state index in [4.69, 9.17) is 0 Å². The van der Waals surface area contributed by atoms with Gasteiger partial charge in [0, 0.05) is 49.4 Å². The Bertz CT molecular complexity index is 1470. The zero-order chi connectivity index (χ0) is 23.7. The number of fused-ring (bicyclic) bond motifs is 1. The first-order chi connectivity index (χ1) is 16.5. The molecule has 2 amide bonds. The summed E-state index contributed by atoms with van der Waals surface area (Å²) in [4.78, 5) is 55.5. The van der Waals surface area contributed by atoms with Crippen LogP contribution in [0.3, 0.4) is 0 Å². The average molecular weight is 457 g/mol. The molecule has 1 aliphatic heterocycles. The molecule has 1 aromatic heterocycles. The van der Waals surface area contributed by atoms with Gasteiger partial charge in [-0.05, 0) is 41.5 Å². The molecule has 2 aliphatic rings. The smallest absolute Gasteiger partial charge is 0.314 e. The third-order valence-corrected chi connectivity index (χ3v) is 6.02. The van der Waals surface area contributed by atoms with Crippen LogP contribution in [-0.4, -0.2) is 52.9 Å². The number of anilines is 1. The van der Waals surface area contributed by atoms with E-state index in [9.17, 15) is 19.2 Å². The third kappa shape index (κ3) is 4.33. The number of piperazine rings is 1. The summed E-state index contributed by atoms with van der Waals surface area (Å²) in [5.74, 6) is -0.271. The number of nitrogens with zero attached hydrogens (tertiary/aromatic N) is 1. The Morgan fingerprint density at radius 1 is 0.882 bits per heavy atom. The van der Waals surface area contributed by atoms with Gasteiger partial charge in [-0.2, -0.15) is 0 Å². The van der Waals surface area contributed by atoms with Crippen molar-refractivity contribution in [1.29, 1.82) is 0 Å². The monoisotopic (exact) mass is 457 g/mol. The minimum absolute atomic E-state index is 0.0768. The van der Waals surface area contributed by atoms with Crippen LogP contribution < -0.4 is 21.8 Å². The lowest BCUT2D eigenvalue weighted by atomic mass is 10.0. The molecule has 34 heavy (non-hydrogen) atoms. The summed E-state index contributed by atoms with van der Waals surface area (Å²) in [6.07, 6.45) is 4.39. The zero-order valence-electron chi connectivity index (χ0n) is 18.3. The molecular formula is C25H23N5O4. The van der Waals surface area contributed by atoms with E-state index >= 15 is 0 Å². The topological polar surface area (TPSA) is 127 Å². The first-order valence-electron chi connectivity index (χ1n) is 11.1. The number of rotatable bonds is 4. The van der Waals surface area contributed by atoms with E-state index < -0.39 is 11.1 Å². The number of aromatic nitrogens is 2. The first kappa shape index (κ1) is 21.6. The molecule has 5 rings (SSSR count). The molecule has 1 fully saturated rings. The van der Waals surface area contributed by atoms with Gasteiger partial charge in [0.1, 0.15) is 0 Å². The summed E-state index contributed by atoms with van der Waals surface area (Å²) in [6.45, 7) is 3.05. The highest BCUT2D eigenvalue weighted by molar-refractivity contribution is 6.06. The predicted molar refractivity (Wildman–Crippen MR) is 130 cm³/mol. The highest BCUT2D eigenvalue weighted by Crippen LogP contribution is 2.30. The number of benzene rings is 2. The third-order valence-electron chi connectivity index (χ3n) is 6.02. The van der Waals surface area contributed by atoms with Crippen molar-refractivity contribution < 1.29 is 9.59 Å². The lowest BCUT2D eigenvalue weighted by molar-refractivity contribution is -0.127. The van der Waals surface area contributed by atoms with Crippen LogP contribution in [0.2, 0.25) is 0 Å². The standard InChI is InChI=1S/C25H23N5O4/c31-22(17-6-7-20-21(14-17)29-24(33)23(32)28-20)27-19-3-1-2-15(13-19)16-4-5-18(12-16)25(34)30-10-8-26-9-11-30/h1-7,13-14,26H,8-12H2,(H,27,31)(H,28,32)(H,29,33). The molecule has 2 heterocycles. The number of amides is 2. The number of aromatic amines is 2. The van der Waals surface area contributed by atoms with E-state index in [2.05, 4.69) is 20.6 Å². The van der Waals surface area contributed by atoms with Crippen LogP contribution in [0, 0.1) is 0 Å². The number of hydrogen-bond acceptors (Lipinski definition) is 5. The maximum Gasteiger partial charge on any atom is 0.314 e. The van der Waals surface area contributed by atoms with Gasteiger partial charge in [0.05, 0.1) is 11.0 Å². The van der Waals surface area contributed by atoms with Crippen molar-refractivity contribution in [1.82, 2.24) is 20.2 Å². The van der Waals surface area contributed by atoms with Gasteiger partial charge in [-0.25, -0.2) is 0 Å². The van der Waals surface area contributed by atoms with Crippen molar-refractivity contribution in [2.75, 3.05) is 31.5 Å². The SMILES string of the molecule is O=C(Nc1cccc(C2=CC=C(C(=O)N3CCNCC3)C2)c1)c1ccc2[nH]c(=O)c(=O)[nH]c2c1. The van der Waals surface area contributed by atoms with E-state index in [1.807, 2.05) is 35.3 Å². The van der Waals surface area contributed by atoms with Crippen molar-refractivity contribution in [3.63, 3.8) is 0 Å². The molecule has 9 heteroatoms. The number of hydrogen-bond donors (Lipinski definition) is 4. The molecule has 0 saturated carbocycles. The van der Waals surface area contributed by atoms with Crippen LogP contribution >= 0.6 is 0 Å². The molecule has 0 radical (unpaired) electrons. The van der Waals surface area contributed by atoms with E-state index in [0.717, 1.165) is 29.8 Å². The number of nitrogens with one attached hydrogen (secondary N) is 4.